The summed E-state index contributed by atoms with van der Waals surface area (Å²) in [6.45, 7) is 1.91. The number of pyridine rings is 1. The monoisotopic (exact) mass is 241 g/mol. The van der Waals surface area contributed by atoms with Gasteiger partial charge >= 0.3 is 0 Å². The Morgan fingerprint density at radius 3 is 2.61 bits per heavy atom. The molecule has 0 unspecified atom stereocenters. The van der Waals surface area contributed by atoms with Gasteiger partial charge in [0.25, 0.3) is 5.91 Å². The summed E-state index contributed by atoms with van der Waals surface area (Å²) in [5, 5.41) is 0. The second-order valence-corrected chi connectivity index (χ2v) is 4.10. The van der Waals surface area contributed by atoms with Gasteiger partial charge in [0.05, 0.1) is 5.69 Å². The van der Waals surface area contributed by atoms with Crippen LogP contribution in [0.1, 0.15) is 15.9 Å². The first-order valence-corrected chi connectivity index (χ1v) is 5.65. The fourth-order valence-corrected chi connectivity index (χ4v) is 1.78. The number of aryl methyl sites for hydroxylation is 1. The van der Waals surface area contributed by atoms with Crippen molar-refractivity contribution in [3.05, 3.63) is 53.7 Å². The van der Waals surface area contributed by atoms with Crippen molar-refractivity contribution in [3.8, 4) is 0 Å². The lowest BCUT2D eigenvalue weighted by Gasteiger charge is -2.18. The first kappa shape index (κ1) is 12.1. The summed E-state index contributed by atoms with van der Waals surface area (Å²) in [7, 11) is 1.67. The number of nitrogen functional groups attached to an aromatic ring is 1. The van der Waals surface area contributed by atoms with Gasteiger partial charge in [-0.25, -0.2) is 4.98 Å². The van der Waals surface area contributed by atoms with E-state index in [1.54, 1.807) is 31.4 Å². The molecule has 0 radical (unpaired) electrons. The van der Waals surface area contributed by atoms with Crippen LogP contribution in [0.5, 0.6) is 0 Å². The van der Waals surface area contributed by atoms with Crippen molar-refractivity contribution in [2.45, 2.75) is 6.92 Å². The summed E-state index contributed by atoms with van der Waals surface area (Å²) in [6, 6.07) is 10.9. The van der Waals surface area contributed by atoms with Gasteiger partial charge in [-0.05, 0) is 30.7 Å². The maximum absolute atomic E-state index is 12.3. The molecule has 92 valence electrons. The van der Waals surface area contributed by atoms with Crippen LogP contribution in [0.3, 0.4) is 0 Å². The molecule has 0 aliphatic heterocycles. The first-order valence-electron chi connectivity index (χ1n) is 5.65. The van der Waals surface area contributed by atoms with Crippen LogP contribution in [-0.2, 0) is 0 Å². The zero-order chi connectivity index (χ0) is 13.1. The van der Waals surface area contributed by atoms with Crippen LogP contribution in [0.2, 0.25) is 0 Å². The molecule has 0 bridgehead atoms. The summed E-state index contributed by atoms with van der Waals surface area (Å²) in [5.41, 5.74) is 7.90. The highest BCUT2D eigenvalue weighted by molar-refractivity contribution is 6.07. The molecule has 2 rings (SSSR count). The van der Waals surface area contributed by atoms with Gasteiger partial charge < -0.3 is 5.73 Å². The maximum Gasteiger partial charge on any atom is 0.259 e. The van der Waals surface area contributed by atoms with Gasteiger partial charge in [0, 0.05) is 18.8 Å². The van der Waals surface area contributed by atoms with Gasteiger partial charge in [0.2, 0.25) is 0 Å². The molecule has 1 amide bonds. The van der Waals surface area contributed by atoms with Crippen molar-refractivity contribution in [2.75, 3.05) is 17.7 Å². The summed E-state index contributed by atoms with van der Waals surface area (Å²) in [6.07, 6.45) is 1.62. The van der Waals surface area contributed by atoms with Crippen molar-refractivity contribution in [1.82, 2.24) is 4.98 Å². The molecule has 1 heterocycles. The number of carbonyl (C=O) groups is 1. The third kappa shape index (κ3) is 2.18. The average Bonchev–Trinajstić information content (AvgIpc) is 2.38. The Balaban J connectivity index is 2.36. The molecular formula is C14H15N3O. The summed E-state index contributed by atoms with van der Waals surface area (Å²) in [5.74, 6) is 0.365. The maximum atomic E-state index is 12.3. The molecule has 4 nitrogen and oxygen atoms in total. The normalized spacial score (nSPS) is 10.1. The zero-order valence-electron chi connectivity index (χ0n) is 10.4. The number of carbonyl (C=O) groups excluding carboxylic acids is 1. The SMILES string of the molecule is Cc1ccccc1C(=O)N(C)c1ncccc1N. The number of rotatable bonds is 2. The van der Waals surface area contributed by atoms with E-state index in [1.165, 1.54) is 4.90 Å². The fraction of sp³-hybridized carbons (Fsp3) is 0.143. The Morgan fingerprint density at radius 2 is 1.94 bits per heavy atom. The second kappa shape index (κ2) is 4.87. The highest BCUT2D eigenvalue weighted by atomic mass is 16.2. The molecule has 4 heteroatoms. The number of benzene rings is 1. The van der Waals surface area contributed by atoms with Gasteiger partial charge in [0.15, 0.2) is 5.82 Å². The van der Waals surface area contributed by atoms with Crippen molar-refractivity contribution in [1.29, 1.82) is 0 Å². The minimum Gasteiger partial charge on any atom is -0.396 e. The molecule has 0 aliphatic rings. The van der Waals surface area contributed by atoms with E-state index < -0.39 is 0 Å². The molecular weight excluding hydrogens is 226 g/mol. The molecule has 1 aromatic carbocycles. The van der Waals surface area contributed by atoms with E-state index in [2.05, 4.69) is 4.98 Å². The van der Waals surface area contributed by atoms with Gasteiger partial charge in [-0.3, -0.25) is 9.69 Å². The Kier molecular flexibility index (Phi) is 3.28. The van der Waals surface area contributed by atoms with Crippen LogP contribution >= 0.6 is 0 Å². The molecule has 2 aromatic rings. The lowest BCUT2D eigenvalue weighted by Crippen LogP contribution is -2.28. The topological polar surface area (TPSA) is 59.2 Å². The highest BCUT2D eigenvalue weighted by Gasteiger charge is 2.17. The standard InChI is InChI=1S/C14H15N3O/c1-10-6-3-4-7-11(10)14(18)17(2)13-12(15)8-5-9-16-13/h3-9H,15H2,1-2H3. The van der Waals surface area contributed by atoms with Crippen molar-refractivity contribution < 1.29 is 4.79 Å². The third-order valence-corrected chi connectivity index (χ3v) is 2.81. The van der Waals surface area contributed by atoms with Gasteiger partial charge in [-0.1, -0.05) is 18.2 Å². The lowest BCUT2D eigenvalue weighted by molar-refractivity contribution is 0.0992. The largest absolute Gasteiger partial charge is 0.396 e. The van der Waals surface area contributed by atoms with E-state index in [0.717, 1.165) is 5.56 Å². The number of anilines is 2. The molecule has 18 heavy (non-hydrogen) atoms. The number of hydrogen-bond acceptors (Lipinski definition) is 3. The molecule has 0 saturated heterocycles. The highest BCUT2D eigenvalue weighted by Crippen LogP contribution is 2.20. The van der Waals surface area contributed by atoms with Crippen LogP contribution < -0.4 is 10.6 Å². The van der Waals surface area contributed by atoms with Crippen LogP contribution in [0.15, 0.2) is 42.6 Å². The van der Waals surface area contributed by atoms with Crippen molar-refractivity contribution in [2.24, 2.45) is 0 Å². The van der Waals surface area contributed by atoms with E-state index in [1.807, 2.05) is 25.1 Å². The lowest BCUT2D eigenvalue weighted by atomic mass is 10.1. The molecule has 0 aliphatic carbocycles. The van der Waals surface area contributed by atoms with Crippen LogP contribution in [0.25, 0.3) is 0 Å². The molecule has 0 spiro atoms. The smallest absolute Gasteiger partial charge is 0.259 e. The Labute approximate surface area is 106 Å². The molecule has 1 aromatic heterocycles. The van der Waals surface area contributed by atoms with E-state index in [9.17, 15) is 4.79 Å². The number of nitrogens with two attached hydrogens (primary N) is 1. The number of aromatic nitrogens is 1. The van der Waals surface area contributed by atoms with Crippen molar-refractivity contribution in [3.63, 3.8) is 0 Å². The van der Waals surface area contributed by atoms with Crippen LogP contribution in [-0.4, -0.2) is 17.9 Å². The summed E-state index contributed by atoms with van der Waals surface area (Å²) >= 11 is 0. The Bertz CT molecular complexity index is 581. The first-order chi connectivity index (χ1) is 8.61. The van der Waals surface area contributed by atoms with E-state index in [4.69, 9.17) is 5.73 Å². The number of nitrogens with zero attached hydrogens (tertiary/aromatic N) is 2. The predicted octanol–water partition coefficient (Wildman–Crippen LogP) is 2.25. The van der Waals surface area contributed by atoms with Crippen molar-refractivity contribution >= 4 is 17.4 Å². The quantitative estimate of drug-likeness (QED) is 0.877. The minimum absolute atomic E-state index is 0.112. The second-order valence-electron chi connectivity index (χ2n) is 4.10. The molecule has 0 atom stereocenters. The molecule has 0 saturated carbocycles. The summed E-state index contributed by atoms with van der Waals surface area (Å²) in [4.78, 5) is 18.0. The molecule has 2 N–H and O–H groups in total. The minimum atomic E-state index is -0.112. The van der Waals surface area contributed by atoms with Gasteiger partial charge in [-0.2, -0.15) is 0 Å². The zero-order valence-corrected chi connectivity index (χ0v) is 10.4. The fourth-order valence-electron chi connectivity index (χ4n) is 1.78. The Hall–Kier alpha value is -2.36. The Morgan fingerprint density at radius 1 is 1.22 bits per heavy atom. The van der Waals surface area contributed by atoms with Crippen LogP contribution in [0, 0.1) is 6.92 Å². The van der Waals surface area contributed by atoms with E-state index in [0.29, 0.717) is 17.1 Å². The molecule has 0 fully saturated rings. The van der Waals surface area contributed by atoms with Gasteiger partial charge in [0.1, 0.15) is 0 Å². The van der Waals surface area contributed by atoms with E-state index >= 15 is 0 Å². The third-order valence-electron chi connectivity index (χ3n) is 2.81. The number of hydrogen-bond donors (Lipinski definition) is 1. The predicted molar refractivity (Wildman–Crippen MR) is 72.6 cm³/mol. The summed E-state index contributed by atoms with van der Waals surface area (Å²) < 4.78 is 0. The number of amides is 1. The average molecular weight is 241 g/mol. The van der Waals surface area contributed by atoms with E-state index in [-0.39, 0.29) is 5.91 Å². The van der Waals surface area contributed by atoms with Gasteiger partial charge in [-0.15, -0.1) is 0 Å². The van der Waals surface area contributed by atoms with Crippen LogP contribution in [0.4, 0.5) is 11.5 Å².